The van der Waals surface area contributed by atoms with Crippen molar-refractivity contribution in [2.75, 3.05) is 19.4 Å². The lowest BCUT2D eigenvalue weighted by atomic mass is 10.3. The monoisotopic (exact) mass is 327 g/mol. The Kier molecular flexibility index (Phi) is 5.21. The van der Waals surface area contributed by atoms with E-state index in [1.807, 2.05) is 4.72 Å². The maximum absolute atomic E-state index is 13.5. The zero-order chi connectivity index (χ0) is 15.6. The molecule has 1 unspecified atom stereocenters. The van der Waals surface area contributed by atoms with E-state index >= 15 is 0 Å². The molecule has 1 rings (SSSR count). The Morgan fingerprint density at radius 3 is 2.40 bits per heavy atom. The number of nitrogens with one attached hydrogen (secondary N) is 1. The third kappa shape index (κ3) is 4.21. The highest BCUT2D eigenvalue weighted by Crippen LogP contribution is 2.19. The SMILES string of the molecule is CS(=O)(=O)c1ccc(F)c(S(=O)(=O)NCC(O)CO)c1. The first-order valence-corrected chi connectivity index (χ1v) is 8.73. The lowest BCUT2D eigenvalue weighted by molar-refractivity contribution is 0.0988. The summed E-state index contributed by atoms with van der Waals surface area (Å²) in [4.78, 5) is -1.19. The summed E-state index contributed by atoms with van der Waals surface area (Å²) in [5.74, 6) is -1.12. The Bertz CT molecular complexity index is 686. The van der Waals surface area contributed by atoms with Crippen LogP contribution in [0.25, 0.3) is 0 Å². The van der Waals surface area contributed by atoms with E-state index in [4.69, 9.17) is 10.2 Å². The van der Waals surface area contributed by atoms with Gasteiger partial charge in [-0.25, -0.2) is 25.9 Å². The average Bonchev–Trinajstić information content (AvgIpc) is 2.34. The second-order valence-electron chi connectivity index (χ2n) is 4.05. The van der Waals surface area contributed by atoms with Crippen LogP contribution in [0.4, 0.5) is 4.39 Å². The molecule has 0 aliphatic carbocycles. The lowest BCUT2D eigenvalue weighted by Crippen LogP contribution is -2.34. The van der Waals surface area contributed by atoms with Gasteiger partial charge in [0.25, 0.3) is 0 Å². The second-order valence-corrected chi connectivity index (χ2v) is 7.80. The summed E-state index contributed by atoms with van der Waals surface area (Å²) in [6.07, 6.45) is -0.481. The van der Waals surface area contributed by atoms with Gasteiger partial charge >= 0.3 is 0 Å². The number of halogens is 1. The average molecular weight is 327 g/mol. The van der Waals surface area contributed by atoms with Gasteiger partial charge < -0.3 is 10.2 Å². The topological polar surface area (TPSA) is 121 Å². The molecule has 0 bridgehead atoms. The van der Waals surface area contributed by atoms with Crippen molar-refractivity contribution in [1.29, 1.82) is 0 Å². The molecule has 10 heteroatoms. The fraction of sp³-hybridized carbons (Fsp3) is 0.400. The van der Waals surface area contributed by atoms with Crippen LogP contribution in [0.2, 0.25) is 0 Å². The van der Waals surface area contributed by atoms with E-state index in [9.17, 15) is 21.2 Å². The fourth-order valence-electron chi connectivity index (χ4n) is 1.27. The summed E-state index contributed by atoms with van der Waals surface area (Å²) in [6.45, 7) is -1.20. The van der Waals surface area contributed by atoms with Gasteiger partial charge in [-0.2, -0.15) is 0 Å². The Labute approximate surface area is 116 Å². The second kappa shape index (κ2) is 6.14. The van der Waals surface area contributed by atoms with Gasteiger partial charge in [-0.15, -0.1) is 0 Å². The Balaban J connectivity index is 3.18. The minimum atomic E-state index is -4.34. The highest BCUT2D eigenvalue weighted by atomic mass is 32.2. The van der Waals surface area contributed by atoms with E-state index in [0.717, 1.165) is 18.4 Å². The molecule has 7 nitrogen and oxygen atoms in total. The van der Waals surface area contributed by atoms with E-state index in [1.54, 1.807) is 0 Å². The molecule has 0 saturated heterocycles. The van der Waals surface area contributed by atoms with Crippen LogP contribution < -0.4 is 4.72 Å². The molecule has 3 N–H and O–H groups in total. The van der Waals surface area contributed by atoms with Crippen molar-refractivity contribution >= 4 is 19.9 Å². The van der Waals surface area contributed by atoms with Crippen LogP contribution in [0.5, 0.6) is 0 Å². The number of sulfonamides is 1. The summed E-state index contributed by atoms with van der Waals surface area (Å²) in [5, 5.41) is 17.6. The van der Waals surface area contributed by atoms with Crippen molar-refractivity contribution < 1.29 is 31.4 Å². The molecule has 0 amide bonds. The summed E-state index contributed by atoms with van der Waals surface area (Å²) < 4.78 is 61.7. The number of aliphatic hydroxyl groups excluding tert-OH is 2. The number of hydrogen-bond donors (Lipinski definition) is 3. The molecule has 1 aromatic carbocycles. The van der Waals surface area contributed by atoms with Gasteiger partial charge in [0, 0.05) is 12.8 Å². The standard InChI is InChI=1S/C10H14FNO6S2/c1-19(15,16)8-2-3-9(11)10(4-8)20(17,18)12-5-7(14)6-13/h2-4,7,12-14H,5-6H2,1H3. The maximum atomic E-state index is 13.5. The first-order valence-electron chi connectivity index (χ1n) is 5.36. The van der Waals surface area contributed by atoms with Crippen LogP contribution in [0.15, 0.2) is 28.0 Å². The van der Waals surface area contributed by atoms with Crippen molar-refractivity contribution in [2.45, 2.75) is 15.9 Å². The van der Waals surface area contributed by atoms with E-state index in [0.29, 0.717) is 6.07 Å². The molecule has 114 valence electrons. The molecule has 20 heavy (non-hydrogen) atoms. The maximum Gasteiger partial charge on any atom is 0.243 e. The zero-order valence-corrected chi connectivity index (χ0v) is 12.1. The molecule has 0 aliphatic rings. The third-order valence-corrected chi connectivity index (χ3v) is 4.89. The molecule has 0 aromatic heterocycles. The lowest BCUT2D eigenvalue weighted by Gasteiger charge is -2.11. The number of hydrogen-bond acceptors (Lipinski definition) is 6. The van der Waals surface area contributed by atoms with Gasteiger partial charge in [-0.3, -0.25) is 0 Å². The highest BCUT2D eigenvalue weighted by Gasteiger charge is 2.22. The first-order chi connectivity index (χ1) is 9.08. The number of aliphatic hydroxyl groups is 2. The van der Waals surface area contributed by atoms with Gasteiger partial charge in [0.1, 0.15) is 10.7 Å². The van der Waals surface area contributed by atoms with Crippen molar-refractivity contribution in [2.24, 2.45) is 0 Å². The molecule has 0 radical (unpaired) electrons. The number of benzene rings is 1. The summed E-state index contributed by atoms with van der Waals surface area (Å²) >= 11 is 0. The Hall–Kier alpha value is -1.07. The Morgan fingerprint density at radius 1 is 1.30 bits per heavy atom. The molecular weight excluding hydrogens is 313 g/mol. The fourth-order valence-corrected chi connectivity index (χ4v) is 3.16. The molecule has 1 aromatic rings. The van der Waals surface area contributed by atoms with Crippen LogP contribution in [-0.4, -0.2) is 52.6 Å². The van der Waals surface area contributed by atoms with Crippen molar-refractivity contribution in [3.8, 4) is 0 Å². The van der Waals surface area contributed by atoms with E-state index in [1.165, 1.54) is 0 Å². The molecule has 0 aliphatic heterocycles. The third-order valence-electron chi connectivity index (χ3n) is 2.34. The van der Waals surface area contributed by atoms with E-state index in [2.05, 4.69) is 0 Å². The van der Waals surface area contributed by atoms with Crippen molar-refractivity contribution in [1.82, 2.24) is 4.72 Å². The Morgan fingerprint density at radius 2 is 1.90 bits per heavy atom. The van der Waals surface area contributed by atoms with E-state index < -0.39 is 49.8 Å². The van der Waals surface area contributed by atoms with Gasteiger partial charge in [0.15, 0.2) is 9.84 Å². The predicted octanol–water partition coefficient (Wildman–Crippen LogP) is -1.14. The van der Waals surface area contributed by atoms with E-state index in [-0.39, 0.29) is 4.90 Å². The number of sulfone groups is 1. The van der Waals surface area contributed by atoms with Crippen LogP contribution in [0, 0.1) is 5.82 Å². The molecule has 0 fully saturated rings. The largest absolute Gasteiger partial charge is 0.394 e. The number of rotatable bonds is 6. The van der Waals surface area contributed by atoms with Crippen LogP contribution >= 0.6 is 0 Å². The minimum absolute atomic E-state index is 0.345. The first kappa shape index (κ1) is 17.0. The molecule has 0 heterocycles. The summed E-state index contributed by atoms with van der Waals surface area (Å²) in [5.41, 5.74) is 0. The van der Waals surface area contributed by atoms with Gasteiger partial charge in [0.05, 0.1) is 17.6 Å². The van der Waals surface area contributed by atoms with Gasteiger partial charge in [-0.1, -0.05) is 0 Å². The normalized spacial score (nSPS) is 14.2. The van der Waals surface area contributed by atoms with Crippen LogP contribution in [0.3, 0.4) is 0 Å². The van der Waals surface area contributed by atoms with Crippen LogP contribution in [0.1, 0.15) is 0 Å². The van der Waals surface area contributed by atoms with Gasteiger partial charge in [-0.05, 0) is 18.2 Å². The minimum Gasteiger partial charge on any atom is -0.394 e. The smallest absolute Gasteiger partial charge is 0.243 e. The molecule has 0 spiro atoms. The molecule has 0 saturated carbocycles. The molecular formula is C10H14FNO6S2. The van der Waals surface area contributed by atoms with Crippen molar-refractivity contribution in [3.05, 3.63) is 24.0 Å². The van der Waals surface area contributed by atoms with Gasteiger partial charge in [0.2, 0.25) is 10.0 Å². The summed E-state index contributed by atoms with van der Waals surface area (Å²) in [7, 11) is -8.03. The highest BCUT2D eigenvalue weighted by molar-refractivity contribution is 7.91. The quantitative estimate of drug-likeness (QED) is 0.568. The van der Waals surface area contributed by atoms with Crippen molar-refractivity contribution in [3.63, 3.8) is 0 Å². The molecule has 1 atom stereocenters. The summed E-state index contributed by atoms with van der Waals surface area (Å²) in [6, 6.07) is 2.37. The zero-order valence-electron chi connectivity index (χ0n) is 10.4. The van der Waals surface area contributed by atoms with Crippen LogP contribution in [-0.2, 0) is 19.9 Å². The predicted molar refractivity (Wildman–Crippen MR) is 67.8 cm³/mol.